The van der Waals surface area contributed by atoms with E-state index in [4.69, 9.17) is 5.73 Å². The summed E-state index contributed by atoms with van der Waals surface area (Å²) in [5, 5.41) is 0. The normalized spacial score (nSPS) is 10.6. The topological polar surface area (TPSA) is 43.8 Å². The second-order valence-electron chi connectivity index (χ2n) is 3.65. The number of aromatic nitrogens is 2. The van der Waals surface area contributed by atoms with Gasteiger partial charge >= 0.3 is 0 Å². The molecule has 0 atom stereocenters. The number of anilines is 1. The first-order valence-corrected chi connectivity index (χ1v) is 5.24. The van der Waals surface area contributed by atoms with Crippen LogP contribution in [0.1, 0.15) is 18.3 Å². The Bertz CT molecular complexity index is 491. The summed E-state index contributed by atoms with van der Waals surface area (Å²) in [5.74, 6) is 0.638. The van der Waals surface area contributed by atoms with Gasteiger partial charge in [-0.3, -0.25) is 0 Å². The van der Waals surface area contributed by atoms with E-state index in [0.29, 0.717) is 12.1 Å². The summed E-state index contributed by atoms with van der Waals surface area (Å²) >= 11 is 0. The number of hydrogen-bond acceptors (Lipinski definition) is 2. The molecular weight excluding hydrogens is 205 g/mol. The molecule has 0 saturated heterocycles. The van der Waals surface area contributed by atoms with Gasteiger partial charge in [0.25, 0.3) is 0 Å². The van der Waals surface area contributed by atoms with Crippen LogP contribution >= 0.6 is 0 Å². The number of hydrogen-bond donors (Lipinski definition) is 1. The molecule has 0 unspecified atom stereocenters. The minimum Gasteiger partial charge on any atom is -0.398 e. The number of nitrogens with two attached hydrogens (primary N) is 1. The van der Waals surface area contributed by atoms with Gasteiger partial charge in [-0.05, 0) is 30.7 Å². The smallest absolute Gasteiger partial charge is 0.123 e. The number of nitrogen functional groups attached to an aromatic ring is 1. The van der Waals surface area contributed by atoms with Crippen molar-refractivity contribution in [2.24, 2.45) is 0 Å². The SMILES string of the molecule is CCn1ccnc1Cc1cc(F)ccc1N. The summed E-state index contributed by atoms with van der Waals surface area (Å²) in [7, 11) is 0. The van der Waals surface area contributed by atoms with Gasteiger partial charge in [0.1, 0.15) is 11.6 Å². The quantitative estimate of drug-likeness (QED) is 0.804. The Kier molecular flexibility index (Phi) is 2.90. The number of aryl methyl sites for hydroxylation is 1. The lowest BCUT2D eigenvalue weighted by molar-refractivity contribution is 0.625. The van der Waals surface area contributed by atoms with E-state index in [1.165, 1.54) is 12.1 Å². The molecule has 2 aromatic rings. The third kappa shape index (κ3) is 2.05. The molecule has 16 heavy (non-hydrogen) atoms. The Morgan fingerprint density at radius 2 is 2.25 bits per heavy atom. The van der Waals surface area contributed by atoms with E-state index >= 15 is 0 Å². The standard InChI is InChI=1S/C12H14FN3/c1-2-16-6-5-15-12(16)8-9-7-10(13)3-4-11(9)14/h3-7H,2,8,14H2,1H3. The van der Waals surface area contributed by atoms with Crippen molar-refractivity contribution in [3.05, 3.63) is 47.8 Å². The zero-order chi connectivity index (χ0) is 11.5. The lowest BCUT2D eigenvalue weighted by Gasteiger charge is -2.07. The van der Waals surface area contributed by atoms with Crippen molar-refractivity contribution in [3.63, 3.8) is 0 Å². The lowest BCUT2D eigenvalue weighted by atomic mass is 10.1. The average Bonchev–Trinajstić information content (AvgIpc) is 2.71. The van der Waals surface area contributed by atoms with Gasteiger partial charge in [0, 0.05) is 31.0 Å². The van der Waals surface area contributed by atoms with Crippen LogP contribution in [-0.4, -0.2) is 9.55 Å². The molecule has 2 N–H and O–H groups in total. The lowest BCUT2D eigenvalue weighted by Crippen LogP contribution is -2.04. The highest BCUT2D eigenvalue weighted by Crippen LogP contribution is 2.17. The fourth-order valence-electron chi connectivity index (χ4n) is 1.69. The fraction of sp³-hybridized carbons (Fsp3) is 0.250. The minimum atomic E-state index is -0.265. The Hall–Kier alpha value is -1.84. The minimum absolute atomic E-state index is 0.265. The van der Waals surface area contributed by atoms with Crippen molar-refractivity contribution in [1.29, 1.82) is 0 Å². The monoisotopic (exact) mass is 219 g/mol. The van der Waals surface area contributed by atoms with Crippen LogP contribution in [-0.2, 0) is 13.0 Å². The van der Waals surface area contributed by atoms with Crippen molar-refractivity contribution in [3.8, 4) is 0 Å². The summed E-state index contributed by atoms with van der Waals surface area (Å²) in [5.41, 5.74) is 7.18. The van der Waals surface area contributed by atoms with E-state index in [1.54, 1.807) is 12.3 Å². The van der Waals surface area contributed by atoms with Crippen molar-refractivity contribution >= 4 is 5.69 Å². The number of halogens is 1. The Morgan fingerprint density at radius 3 is 3.00 bits per heavy atom. The molecule has 1 aromatic heterocycles. The maximum Gasteiger partial charge on any atom is 0.123 e. The molecule has 1 heterocycles. The fourth-order valence-corrected chi connectivity index (χ4v) is 1.69. The molecule has 0 bridgehead atoms. The molecule has 0 amide bonds. The molecule has 0 fully saturated rings. The van der Waals surface area contributed by atoms with Gasteiger partial charge in [-0.15, -0.1) is 0 Å². The van der Waals surface area contributed by atoms with Crippen LogP contribution in [0.2, 0.25) is 0 Å². The Morgan fingerprint density at radius 1 is 1.44 bits per heavy atom. The molecule has 0 saturated carbocycles. The highest BCUT2D eigenvalue weighted by atomic mass is 19.1. The molecule has 3 nitrogen and oxygen atoms in total. The van der Waals surface area contributed by atoms with E-state index < -0.39 is 0 Å². The molecule has 0 spiro atoms. The number of nitrogens with zero attached hydrogens (tertiary/aromatic N) is 2. The Balaban J connectivity index is 2.30. The first-order chi connectivity index (χ1) is 7.70. The Labute approximate surface area is 93.7 Å². The predicted molar refractivity (Wildman–Crippen MR) is 61.5 cm³/mol. The second kappa shape index (κ2) is 4.35. The van der Waals surface area contributed by atoms with Gasteiger partial charge in [-0.1, -0.05) is 0 Å². The summed E-state index contributed by atoms with van der Waals surface area (Å²) in [6, 6.07) is 4.42. The third-order valence-electron chi connectivity index (χ3n) is 2.60. The van der Waals surface area contributed by atoms with E-state index in [-0.39, 0.29) is 5.82 Å². The van der Waals surface area contributed by atoms with Gasteiger partial charge in [0.2, 0.25) is 0 Å². The first-order valence-electron chi connectivity index (χ1n) is 5.24. The van der Waals surface area contributed by atoms with Gasteiger partial charge in [-0.2, -0.15) is 0 Å². The molecule has 2 rings (SSSR count). The van der Waals surface area contributed by atoms with E-state index in [2.05, 4.69) is 4.98 Å². The largest absolute Gasteiger partial charge is 0.398 e. The molecule has 0 aliphatic rings. The highest BCUT2D eigenvalue weighted by molar-refractivity contribution is 5.47. The molecule has 0 radical (unpaired) electrons. The summed E-state index contributed by atoms with van der Waals surface area (Å²) in [6.07, 6.45) is 4.21. The predicted octanol–water partition coefficient (Wildman–Crippen LogP) is 2.22. The average molecular weight is 219 g/mol. The molecule has 0 aliphatic heterocycles. The van der Waals surface area contributed by atoms with E-state index in [1.807, 2.05) is 17.7 Å². The van der Waals surface area contributed by atoms with Crippen molar-refractivity contribution in [2.75, 3.05) is 5.73 Å². The van der Waals surface area contributed by atoms with Crippen molar-refractivity contribution < 1.29 is 4.39 Å². The molecular formula is C12H14FN3. The van der Waals surface area contributed by atoms with Gasteiger partial charge in [0.15, 0.2) is 0 Å². The van der Waals surface area contributed by atoms with Gasteiger partial charge < -0.3 is 10.3 Å². The van der Waals surface area contributed by atoms with Crippen LogP contribution in [0.5, 0.6) is 0 Å². The zero-order valence-electron chi connectivity index (χ0n) is 9.15. The van der Waals surface area contributed by atoms with Crippen LogP contribution in [0.25, 0.3) is 0 Å². The number of imidazole rings is 1. The van der Waals surface area contributed by atoms with Crippen LogP contribution in [0, 0.1) is 5.82 Å². The summed E-state index contributed by atoms with van der Waals surface area (Å²) < 4.78 is 15.1. The highest BCUT2D eigenvalue weighted by Gasteiger charge is 2.06. The second-order valence-corrected chi connectivity index (χ2v) is 3.65. The van der Waals surface area contributed by atoms with Crippen LogP contribution in [0.15, 0.2) is 30.6 Å². The third-order valence-corrected chi connectivity index (χ3v) is 2.60. The summed E-state index contributed by atoms with van der Waals surface area (Å²) in [6.45, 7) is 2.89. The molecule has 84 valence electrons. The van der Waals surface area contributed by atoms with Crippen LogP contribution < -0.4 is 5.73 Å². The number of benzene rings is 1. The van der Waals surface area contributed by atoms with Gasteiger partial charge in [0.05, 0.1) is 0 Å². The maximum absolute atomic E-state index is 13.1. The van der Waals surface area contributed by atoms with Crippen LogP contribution in [0.3, 0.4) is 0 Å². The van der Waals surface area contributed by atoms with E-state index in [9.17, 15) is 4.39 Å². The van der Waals surface area contributed by atoms with Crippen LogP contribution in [0.4, 0.5) is 10.1 Å². The van der Waals surface area contributed by atoms with Crippen molar-refractivity contribution in [2.45, 2.75) is 19.9 Å². The molecule has 4 heteroatoms. The number of rotatable bonds is 3. The summed E-state index contributed by atoms with van der Waals surface area (Å²) in [4.78, 5) is 4.24. The van der Waals surface area contributed by atoms with Gasteiger partial charge in [-0.25, -0.2) is 9.37 Å². The molecule has 0 aliphatic carbocycles. The van der Waals surface area contributed by atoms with Crippen molar-refractivity contribution in [1.82, 2.24) is 9.55 Å². The maximum atomic E-state index is 13.1. The van der Waals surface area contributed by atoms with E-state index in [0.717, 1.165) is 17.9 Å². The first kappa shape index (κ1) is 10.7. The molecule has 1 aromatic carbocycles. The zero-order valence-corrected chi connectivity index (χ0v) is 9.15.